The van der Waals surface area contributed by atoms with Gasteiger partial charge in [0.2, 0.25) is 0 Å². The van der Waals surface area contributed by atoms with Crippen molar-refractivity contribution < 1.29 is 14.3 Å². The Bertz CT molecular complexity index is 756. The minimum absolute atomic E-state index is 0.0667. The van der Waals surface area contributed by atoms with Crippen LogP contribution in [0.3, 0.4) is 0 Å². The third-order valence-electron chi connectivity index (χ3n) is 4.37. The summed E-state index contributed by atoms with van der Waals surface area (Å²) in [4.78, 5) is 12.6. The smallest absolute Gasteiger partial charge is 0.412 e. The van der Waals surface area contributed by atoms with Crippen molar-refractivity contribution in [3.05, 3.63) is 65.5 Å². The quantitative estimate of drug-likeness (QED) is 0.740. The number of carbonyl (C=O) groups is 1. The Morgan fingerprint density at radius 1 is 1.04 bits per heavy atom. The number of halogens is 1. The van der Waals surface area contributed by atoms with E-state index in [0.29, 0.717) is 0 Å². The predicted molar refractivity (Wildman–Crippen MR) is 103 cm³/mol. The summed E-state index contributed by atoms with van der Waals surface area (Å²) < 4.78 is 14.7. The molecule has 2 atom stereocenters. The fourth-order valence-corrected chi connectivity index (χ4v) is 3.03. The fourth-order valence-electron chi connectivity index (χ4n) is 3.03. The number of carboxylic acid groups (broad SMARTS) is 1. The van der Waals surface area contributed by atoms with Crippen molar-refractivity contribution in [3.8, 4) is 0 Å². The SMILES string of the molecule is C[C@H](N[C@@H](C)c1ccc(N(C(=O)O)C(C)(C)C)c(F)c1)c1ccccc1. The van der Waals surface area contributed by atoms with Crippen LogP contribution in [-0.2, 0) is 0 Å². The van der Waals surface area contributed by atoms with Crippen LogP contribution < -0.4 is 10.2 Å². The van der Waals surface area contributed by atoms with E-state index in [-0.39, 0.29) is 17.8 Å². The molecule has 0 saturated heterocycles. The normalized spacial score (nSPS) is 13.9. The van der Waals surface area contributed by atoms with Crippen LogP contribution >= 0.6 is 0 Å². The fraction of sp³-hybridized carbons (Fsp3) is 0.381. The van der Waals surface area contributed by atoms with Crippen molar-refractivity contribution in [1.29, 1.82) is 0 Å². The van der Waals surface area contributed by atoms with Crippen LogP contribution in [0.25, 0.3) is 0 Å². The van der Waals surface area contributed by atoms with Gasteiger partial charge in [-0.25, -0.2) is 9.18 Å². The molecule has 0 aliphatic rings. The molecule has 26 heavy (non-hydrogen) atoms. The minimum Gasteiger partial charge on any atom is -0.465 e. The van der Waals surface area contributed by atoms with Crippen molar-refractivity contribution >= 4 is 11.8 Å². The molecule has 0 aromatic heterocycles. The summed E-state index contributed by atoms with van der Waals surface area (Å²) in [5.41, 5.74) is 1.26. The molecule has 2 rings (SSSR count). The molecule has 5 heteroatoms. The van der Waals surface area contributed by atoms with Gasteiger partial charge in [-0.1, -0.05) is 36.4 Å². The maximum absolute atomic E-state index is 14.7. The van der Waals surface area contributed by atoms with Gasteiger partial charge in [0.05, 0.1) is 5.69 Å². The molecule has 0 fully saturated rings. The first-order valence-electron chi connectivity index (χ1n) is 8.75. The van der Waals surface area contributed by atoms with E-state index >= 15 is 0 Å². The van der Waals surface area contributed by atoms with E-state index in [0.717, 1.165) is 16.0 Å². The molecule has 0 saturated carbocycles. The first kappa shape index (κ1) is 19.9. The van der Waals surface area contributed by atoms with E-state index < -0.39 is 17.4 Å². The zero-order chi connectivity index (χ0) is 19.5. The number of rotatable bonds is 5. The number of nitrogens with one attached hydrogen (secondary N) is 1. The molecule has 1 amide bonds. The first-order valence-corrected chi connectivity index (χ1v) is 8.75. The predicted octanol–water partition coefficient (Wildman–Crippen LogP) is 5.52. The van der Waals surface area contributed by atoms with Crippen molar-refractivity contribution in [2.75, 3.05) is 4.90 Å². The third-order valence-corrected chi connectivity index (χ3v) is 4.37. The van der Waals surface area contributed by atoms with Gasteiger partial charge in [-0.05, 0) is 57.9 Å². The molecule has 2 N–H and O–H groups in total. The van der Waals surface area contributed by atoms with E-state index in [1.807, 2.05) is 37.3 Å². The Hall–Kier alpha value is -2.40. The van der Waals surface area contributed by atoms with E-state index in [9.17, 15) is 14.3 Å². The van der Waals surface area contributed by atoms with Gasteiger partial charge < -0.3 is 10.4 Å². The highest BCUT2D eigenvalue weighted by atomic mass is 19.1. The lowest BCUT2D eigenvalue weighted by molar-refractivity contribution is 0.195. The van der Waals surface area contributed by atoms with Crippen LogP contribution in [0.4, 0.5) is 14.9 Å². The topological polar surface area (TPSA) is 52.6 Å². The maximum atomic E-state index is 14.7. The minimum atomic E-state index is -1.17. The average molecular weight is 358 g/mol. The maximum Gasteiger partial charge on any atom is 0.412 e. The van der Waals surface area contributed by atoms with E-state index in [2.05, 4.69) is 12.2 Å². The second kappa shape index (κ2) is 7.87. The molecule has 2 aromatic rings. The number of benzene rings is 2. The Morgan fingerprint density at radius 2 is 1.62 bits per heavy atom. The third kappa shape index (κ3) is 4.61. The summed E-state index contributed by atoms with van der Waals surface area (Å²) >= 11 is 0. The van der Waals surface area contributed by atoms with Gasteiger partial charge in [0.15, 0.2) is 0 Å². The van der Waals surface area contributed by atoms with Gasteiger partial charge in [-0.15, -0.1) is 0 Å². The number of hydrogen-bond acceptors (Lipinski definition) is 2. The molecular formula is C21H27FN2O2. The van der Waals surface area contributed by atoms with Gasteiger partial charge in [-0.3, -0.25) is 4.90 Å². The van der Waals surface area contributed by atoms with Gasteiger partial charge in [-0.2, -0.15) is 0 Å². The average Bonchev–Trinajstić information content (AvgIpc) is 2.55. The summed E-state index contributed by atoms with van der Waals surface area (Å²) in [6.45, 7) is 9.23. The van der Waals surface area contributed by atoms with Crippen molar-refractivity contribution in [3.63, 3.8) is 0 Å². The summed E-state index contributed by atoms with van der Waals surface area (Å²) in [6.07, 6.45) is -1.17. The Kier molecular flexibility index (Phi) is 6.03. The highest BCUT2D eigenvalue weighted by molar-refractivity contribution is 5.87. The van der Waals surface area contributed by atoms with Crippen LogP contribution in [0, 0.1) is 5.82 Å². The van der Waals surface area contributed by atoms with E-state index in [1.54, 1.807) is 26.8 Å². The van der Waals surface area contributed by atoms with E-state index in [1.165, 1.54) is 12.1 Å². The van der Waals surface area contributed by atoms with Crippen molar-refractivity contribution in [2.24, 2.45) is 0 Å². The lowest BCUT2D eigenvalue weighted by atomic mass is 10.0. The Labute approximate surface area is 154 Å². The molecule has 0 heterocycles. The monoisotopic (exact) mass is 358 g/mol. The highest BCUT2D eigenvalue weighted by Crippen LogP contribution is 2.29. The van der Waals surface area contributed by atoms with Crippen molar-refractivity contribution in [2.45, 2.75) is 52.2 Å². The lowest BCUT2D eigenvalue weighted by Crippen LogP contribution is -2.45. The van der Waals surface area contributed by atoms with Crippen molar-refractivity contribution in [1.82, 2.24) is 5.32 Å². The number of nitrogens with zero attached hydrogens (tertiary/aromatic N) is 1. The van der Waals surface area contributed by atoms with Gasteiger partial charge in [0.25, 0.3) is 0 Å². The summed E-state index contributed by atoms with van der Waals surface area (Å²) in [7, 11) is 0. The standard InChI is InChI=1S/C21H27FN2O2/c1-14(16-9-7-6-8-10-16)23-15(2)17-11-12-19(18(22)13-17)24(20(25)26)21(3,4)5/h6-15,23H,1-5H3,(H,25,26)/t14-,15-/m0/s1. The molecule has 4 nitrogen and oxygen atoms in total. The molecule has 2 aromatic carbocycles. The second-order valence-electron chi connectivity index (χ2n) is 7.52. The molecule has 0 aliphatic heterocycles. The summed E-state index contributed by atoms with van der Waals surface area (Å²) in [5, 5.41) is 12.9. The molecule has 0 unspecified atom stereocenters. The van der Waals surface area contributed by atoms with Crippen LogP contribution in [0.1, 0.15) is 57.8 Å². The largest absolute Gasteiger partial charge is 0.465 e. The van der Waals surface area contributed by atoms with Gasteiger partial charge in [0, 0.05) is 17.6 Å². The lowest BCUT2D eigenvalue weighted by Gasteiger charge is -2.33. The molecule has 0 radical (unpaired) electrons. The zero-order valence-electron chi connectivity index (χ0n) is 16.0. The Morgan fingerprint density at radius 3 is 2.12 bits per heavy atom. The molecular weight excluding hydrogens is 331 g/mol. The van der Waals surface area contributed by atoms with Gasteiger partial charge >= 0.3 is 6.09 Å². The Balaban J connectivity index is 2.22. The molecule has 0 aliphatic carbocycles. The second-order valence-corrected chi connectivity index (χ2v) is 7.52. The molecule has 140 valence electrons. The van der Waals surface area contributed by atoms with Crippen LogP contribution in [-0.4, -0.2) is 16.7 Å². The molecule has 0 bridgehead atoms. The van der Waals surface area contributed by atoms with Crippen LogP contribution in [0.15, 0.2) is 48.5 Å². The number of hydrogen-bond donors (Lipinski definition) is 2. The zero-order valence-corrected chi connectivity index (χ0v) is 16.0. The van der Waals surface area contributed by atoms with Gasteiger partial charge in [0.1, 0.15) is 5.82 Å². The van der Waals surface area contributed by atoms with E-state index in [4.69, 9.17) is 0 Å². The summed E-state index contributed by atoms with van der Waals surface area (Å²) in [6, 6.07) is 14.8. The first-order chi connectivity index (χ1) is 12.1. The van der Waals surface area contributed by atoms with Crippen LogP contribution in [0.2, 0.25) is 0 Å². The van der Waals surface area contributed by atoms with Crippen LogP contribution in [0.5, 0.6) is 0 Å². The number of anilines is 1. The number of amides is 1. The summed E-state index contributed by atoms with van der Waals surface area (Å²) in [5.74, 6) is -0.541. The molecule has 0 spiro atoms. The highest BCUT2D eigenvalue weighted by Gasteiger charge is 2.30.